The van der Waals surface area contributed by atoms with E-state index in [1.54, 1.807) is 24.1 Å². The fourth-order valence-corrected chi connectivity index (χ4v) is 5.12. The molecular weight excluding hydrogens is 392 g/mol. The van der Waals surface area contributed by atoms with Crippen LogP contribution in [0.5, 0.6) is 0 Å². The molecule has 1 aromatic rings. The second-order valence-electron chi connectivity index (χ2n) is 7.53. The predicted molar refractivity (Wildman–Crippen MR) is 109 cm³/mol. The van der Waals surface area contributed by atoms with Gasteiger partial charge in [-0.1, -0.05) is 17.7 Å². The lowest BCUT2D eigenvalue weighted by Gasteiger charge is -2.33. The van der Waals surface area contributed by atoms with E-state index in [9.17, 15) is 18.0 Å². The van der Waals surface area contributed by atoms with Crippen LogP contribution in [0.3, 0.4) is 0 Å². The minimum atomic E-state index is -3.96. The molecule has 9 heteroatoms. The minimum Gasteiger partial charge on any atom is -0.343 e. The van der Waals surface area contributed by atoms with Gasteiger partial charge in [0.2, 0.25) is 11.8 Å². The van der Waals surface area contributed by atoms with Gasteiger partial charge in [-0.15, -0.1) is 0 Å². The fourth-order valence-electron chi connectivity index (χ4n) is 3.67. The third-order valence-corrected chi connectivity index (χ3v) is 7.31. The van der Waals surface area contributed by atoms with Crippen molar-refractivity contribution in [3.8, 4) is 0 Å². The number of benzene rings is 1. The smallest absolute Gasteiger partial charge is 0.264 e. The van der Waals surface area contributed by atoms with Crippen LogP contribution in [-0.2, 0) is 19.6 Å². The fraction of sp³-hybridized carbons (Fsp3) is 0.500. The molecule has 2 heterocycles. The van der Waals surface area contributed by atoms with E-state index in [2.05, 4.69) is 10.6 Å². The van der Waals surface area contributed by atoms with Crippen LogP contribution in [0, 0.1) is 6.92 Å². The lowest BCUT2D eigenvalue weighted by molar-refractivity contribution is -0.136. The summed E-state index contributed by atoms with van der Waals surface area (Å²) in [6.07, 6.45) is 5.09. The Morgan fingerprint density at radius 1 is 1.21 bits per heavy atom. The number of nitrogens with zero attached hydrogens (tertiary/aromatic N) is 2. The van der Waals surface area contributed by atoms with Gasteiger partial charge in [0, 0.05) is 25.5 Å². The highest BCUT2D eigenvalue weighted by Gasteiger charge is 2.38. The number of carbonyl (C=O) groups is 2. The summed E-state index contributed by atoms with van der Waals surface area (Å²) in [5, 5.41) is 5.83. The van der Waals surface area contributed by atoms with E-state index in [1.807, 2.05) is 6.92 Å². The van der Waals surface area contributed by atoms with Crippen LogP contribution >= 0.6 is 0 Å². The van der Waals surface area contributed by atoms with Gasteiger partial charge in [0.15, 0.2) is 0 Å². The van der Waals surface area contributed by atoms with Crippen molar-refractivity contribution in [3.63, 3.8) is 0 Å². The second-order valence-corrected chi connectivity index (χ2v) is 9.37. The van der Waals surface area contributed by atoms with Gasteiger partial charge in [-0.2, -0.15) is 0 Å². The summed E-state index contributed by atoms with van der Waals surface area (Å²) in [6.45, 7) is 3.63. The summed E-state index contributed by atoms with van der Waals surface area (Å²) in [4.78, 5) is 27.1. The molecule has 1 saturated heterocycles. The maximum absolute atomic E-state index is 13.1. The van der Waals surface area contributed by atoms with Crippen LogP contribution in [0.1, 0.15) is 31.2 Å². The Morgan fingerprint density at radius 2 is 1.93 bits per heavy atom. The molecular formula is C20H28N4O4S. The highest BCUT2D eigenvalue weighted by atomic mass is 32.2. The number of amides is 2. The molecule has 1 unspecified atom stereocenters. The van der Waals surface area contributed by atoms with E-state index in [1.165, 1.54) is 24.5 Å². The topological polar surface area (TPSA) is 98.8 Å². The minimum absolute atomic E-state index is 0.0850. The van der Waals surface area contributed by atoms with Crippen molar-refractivity contribution >= 4 is 21.8 Å². The molecule has 0 aromatic heterocycles. The van der Waals surface area contributed by atoms with Crippen LogP contribution in [0.15, 0.2) is 41.6 Å². The third-order valence-electron chi connectivity index (χ3n) is 5.51. The molecule has 0 saturated carbocycles. The maximum atomic E-state index is 13.1. The summed E-state index contributed by atoms with van der Waals surface area (Å²) in [6, 6.07) is 5.39. The average molecular weight is 421 g/mol. The van der Waals surface area contributed by atoms with Crippen molar-refractivity contribution in [2.45, 2.75) is 49.6 Å². The molecule has 2 aliphatic heterocycles. The van der Waals surface area contributed by atoms with E-state index < -0.39 is 22.0 Å². The molecule has 2 atom stereocenters. The number of rotatable bonds is 5. The Bertz CT molecular complexity index is 874. The van der Waals surface area contributed by atoms with Gasteiger partial charge in [-0.25, -0.2) is 8.42 Å². The van der Waals surface area contributed by atoms with E-state index in [0.717, 1.165) is 42.2 Å². The van der Waals surface area contributed by atoms with Crippen LogP contribution in [0.2, 0.25) is 0 Å². The summed E-state index contributed by atoms with van der Waals surface area (Å²) < 4.78 is 27.2. The molecule has 158 valence electrons. The van der Waals surface area contributed by atoms with E-state index in [4.69, 9.17) is 0 Å². The highest BCUT2D eigenvalue weighted by Crippen LogP contribution is 2.24. The van der Waals surface area contributed by atoms with Gasteiger partial charge in [-0.05, 0) is 51.4 Å². The molecule has 29 heavy (non-hydrogen) atoms. The molecule has 2 aliphatic rings. The van der Waals surface area contributed by atoms with Crippen molar-refractivity contribution in [1.29, 1.82) is 0 Å². The monoisotopic (exact) mass is 420 g/mol. The quantitative estimate of drug-likeness (QED) is 0.739. The molecule has 8 nitrogen and oxygen atoms in total. The predicted octanol–water partition coefficient (Wildman–Crippen LogP) is 0.946. The van der Waals surface area contributed by atoms with Gasteiger partial charge in [0.1, 0.15) is 6.04 Å². The highest BCUT2D eigenvalue weighted by molar-refractivity contribution is 7.89. The van der Waals surface area contributed by atoms with Crippen molar-refractivity contribution in [3.05, 3.63) is 42.2 Å². The van der Waals surface area contributed by atoms with Gasteiger partial charge >= 0.3 is 0 Å². The Labute approximate surface area is 172 Å². The number of sulfonamides is 1. The first kappa shape index (κ1) is 21.3. The van der Waals surface area contributed by atoms with Crippen LogP contribution < -0.4 is 10.6 Å². The number of hydrogen-bond acceptors (Lipinski definition) is 5. The number of carbonyl (C=O) groups excluding carboxylic acids is 2. The van der Waals surface area contributed by atoms with E-state index in [-0.39, 0.29) is 23.3 Å². The normalized spacial score (nSPS) is 22.7. The molecule has 0 radical (unpaired) electrons. The SMILES string of the molecule is Cc1ccc(S(=O)(=O)N2C=CNC(=O)[C@H]2CC(=O)N(C)C2CCCNCC2)cc1. The largest absolute Gasteiger partial charge is 0.343 e. The van der Waals surface area contributed by atoms with Gasteiger partial charge in [0.05, 0.1) is 11.3 Å². The van der Waals surface area contributed by atoms with E-state index in [0.29, 0.717) is 0 Å². The lowest BCUT2D eigenvalue weighted by Crippen LogP contribution is -2.51. The summed E-state index contributed by atoms with van der Waals surface area (Å²) >= 11 is 0. The second kappa shape index (κ2) is 8.96. The maximum Gasteiger partial charge on any atom is 0.264 e. The van der Waals surface area contributed by atoms with E-state index >= 15 is 0 Å². The average Bonchev–Trinajstić information content (AvgIpc) is 2.98. The first-order chi connectivity index (χ1) is 13.8. The molecule has 0 aliphatic carbocycles. The Kier molecular flexibility index (Phi) is 6.59. The third kappa shape index (κ3) is 4.79. The van der Waals surface area contributed by atoms with Crippen LogP contribution in [0.25, 0.3) is 0 Å². The Morgan fingerprint density at radius 3 is 2.66 bits per heavy atom. The van der Waals surface area contributed by atoms with Gasteiger partial charge in [0.25, 0.3) is 10.0 Å². The molecule has 1 fully saturated rings. The van der Waals surface area contributed by atoms with Crippen molar-refractivity contribution in [2.24, 2.45) is 0 Å². The molecule has 2 amide bonds. The summed E-state index contributed by atoms with van der Waals surface area (Å²) in [5.74, 6) is -0.746. The Balaban J connectivity index is 1.80. The summed E-state index contributed by atoms with van der Waals surface area (Å²) in [7, 11) is -2.23. The van der Waals surface area contributed by atoms with Crippen molar-refractivity contribution < 1.29 is 18.0 Å². The van der Waals surface area contributed by atoms with Gasteiger partial charge in [-0.3, -0.25) is 13.9 Å². The van der Waals surface area contributed by atoms with Gasteiger partial charge < -0.3 is 15.5 Å². The standard InChI is InChI=1S/C20H28N4O4S/c1-15-5-7-17(8-6-15)29(27,28)24-13-12-22-20(26)18(24)14-19(25)23(2)16-4-3-10-21-11-9-16/h5-8,12-13,16,18,21H,3-4,9-11,14H2,1-2H3,(H,22,26)/t16?,18-/m1/s1. The lowest BCUT2D eigenvalue weighted by atomic mass is 10.1. The molecule has 1 aromatic carbocycles. The molecule has 3 rings (SSSR count). The number of nitrogens with one attached hydrogen (secondary N) is 2. The zero-order valence-electron chi connectivity index (χ0n) is 16.8. The molecule has 2 N–H and O–H groups in total. The van der Waals surface area contributed by atoms with Crippen molar-refractivity contribution in [2.75, 3.05) is 20.1 Å². The molecule has 0 spiro atoms. The van der Waals surface area contributed by atoms with Crippen molar-refractivity contribution in [1.82, 2.24) is 19.8 Å². The number of aryl methyl sites for hydroxylation is 1. The summed E-state index contributed by atoms with van der Waals surface area (Å²) in [5.41, 5.74) is 0.933. The zero-order valence-corrected chi connectivity index (χ0v) is 17.6. The first-order valence-electron chi connectivity index (χ1n) is 9.84. The Hall–Kier alpha value is -2.39. The zero-order chi connectivity index (χ0) is 21.0. The van der Waals surface area contributed by atoms with Crippen LogP contribution in [0.4, 0.5) is 0 Å². The van der Waals surface area contributed by atoms with Crippen LogP contribution in [-0.4, -0.2) is 61.7 Å². The first-order valence-corrected chi connectivity index (χ1v) is 11.3. The number of hydrogen-bond donors (Lipinski definition) is 2. The molecule has 0 bridgehead atoms.